The molecule has 0 atom stereocenters. The SMILES string of the molecule is C[CH]CCCCCCCOS(=O)(=O)c1ccc(C)cc1. The van der Waals surface area contributed by atoms with Gasteiger partial charge in [0.05, 0.1) is 11.5 Å². The van der Waals surface area contributed by atoms with Gasteiger partial charge in [0.25, 0.3) is 10.1 Å². The molecule has 0 aliphatic carbocycles. The van der Waals surface area contributed by atoms with Gasteiger partial charge in [0.2, 0.25) is 0 Å². The molecule has 1 rings (SSSR count). The van der Waals surface area contributed by atoms with E-state index in [0.29, 0.717) is 0 Å². The maximum Gasteiger partial charge on any atom is 0.296 e. The van der Waals surface area contributed by atoms with Crippen LogP contribution in [-0.2, 0) is 14.3 Å². The van der Waals surface area contributed by atoms with Gasteiger partial charge in [-0.1, -0.05) is 56.7 Å². The van der Waals surface area contributed by atoms with Gasteiger partial charge in [-0.3, -0.25) is 4.18 Å². The first-order valence-corrected chi connectivity index (χ1v) is 8.71. The first-order valence-electron chi connectivity index (χ1n) is 7.30. The highest BCUT2D eigenvalue weighted by Crippen LogP contribution is 2.14. The van der Waals surface area contributed by atoms with Crippen molar-refractivity contribution in [1.29, 1.82) is 0 Å². The molecule has 0 fully saturated rings. The molecule has 0 aliphatic rings. The lowest BCUT2D eigenvalue weighted by Crippen LogP contribution is -2.07. The van der Waals surface area contributed by atoms with Gasteiger partial charge in [-0.05, 0) is 31.9 Å². The summed E-state index contributed by atoms with van der Waals surface area (Å²) in [6.45, 7) is 4.27. The summed E-state index contributed by atoms with van der Waals surface area (Å²) in [5.41, 5.74) is 1.04. The third kappa shape index (κ3) is 6.53. The largest absolute Gasteiger partial charge is 0.296 e. The second-order valence-electron chi connectivity index (χ2n) is 5.05. The third-order valence-electron chi connectivity index (χ3n) is 3.19. The maximum atomic E-state index is 11.9. The molecule has 0 aromatic heterocycles. The Labute approximate surface area is 123 Å². The van der Waals surface area contributed by atoms with Crippen molar-refractivity contribution in [1.82, 2.24) is 0 Å². The molecule has 0 unspecified atom stereocenters. The van der Waals surface area contributed by atoms with Gasteiger partial charge in [0, 0.05) is 0 Å². The van der Waals surface area contributed by atoms with Crippen LogP contribution >= 0.6 is 0 Å². The second-order valence-corrected chi connectivity index (χ2v) is 6.67. The van der Waals surface area contributed by atoms with E-state index in [1.807, 2.05) is 6.92 Å². The summed E-state index contributed by atoms with van der Waals surface area (Å²) < 4.78 is 28.8. The molecule has 0 spiro atoms. The maximum absolute atomic E-state index is 11.9. The second kappa shape index (κ2) is 9.14. The average Bonchev–Trinajstić information content (AvgIpc) is 2.42. The quantitative estimate of drug-likeness (QED) is 0.478. The predicted molar refractivity (Wildman–Crippen MR) is 82.0 cm³/mol. The number of aryl methyl sites for hydroxylation is 1. The summed E-state index contributed by atoms with van der Waals surface area (Å²) in [6, 6.07) is 6.74. The van der Waals surface area contributed by atoms with Gasteiger partial charge in [0.1, 0.15) is 0 Å². The number of benzene rings is 1. The van der Waals surface area contributed by atoms with Crippen LogP contribution in [0.1, 0.15) is 51.0 Å². The fraction of sp³-hybridized carbons (Fsp3) is 0.562. The fourth-order valence-corrected chi connectivity index (χ4v) is 2.87. The average molecular weight is 297 g/mol. The Bertz CT molecular complexity index is 463. The molecule has 1 aromatic rings. The van der Waals surface area contributed by atoms with Crippen LogP contribution in [0.15, 0.2) is 29.2 Å². The van der Waals surface area contributed by atoms with E-state index >= 15 is 0 Å². The normalized spacial score (nSPS) is 11.7. The van der Waals surface area contributed by atoms with E-state index in [-0.39, 0.29) is 11.5 Å². The van der Waals surface area contributed by atoms with Crippen molar-refractivity contribution < 1.29 is 12.6 Å². The molecule has 0 saturated carbocycles. The van der Waals surface area contributed by atoms with Crippen LogP contribution in [0.2, 0.25) is 0 Å². The van der Waals surface area contributed by atoms with Crippen LogP contribution in [0.4, 0.5) is 0 Å². The molecule has 0 heterocycles. The van der Waals surface area contributed by atoms with Crippen LogP contribution in [0.3, 0.4) is 0 Å². The Balaban J connectivity index is 2.22. The molecule has 0 N–H and O–H groups in total. The molecule has 4 heteroatoms. The van der Waals surface area contributed by atoms with Crippen LogP contribution in [0.25, 0.3) is 0 Å². The number of unbranched alkanes of at least 4 members (excludes halogenated alkanes) is 6. The predicted octanol–water partition coefficient (Wildman–Crippen LogP) is 4.27. The van der Waals surface area contributed by atoms with E-state index in [9.17, 15) is 8.42 Å². The summed E-state index contributed by atoms with van der Waals surface area (Å²) in [6.07, 6.45) is 8.72. The van der Waals surface area contributed by atoms with Gasteiger partial charge >= 0.3 is 0 Å². The zero-order valence-electron chi connectivity index (χ0n) is 12.5. The van der Waals surface area contributed by atoms with Gasteiger partial charge < -0.3 is 0 Å². The topological polar surface area (TPSA) is 43.4 Å². The first-order chi connectivity index (χ1) is 9.56. The van der Waals surface area contributed by atoms with Crippen molar-refractivity contribution in [3.8, 4) is 0 Å². The number of hydrogen-bond donors (Lipinski definition) is 0. The smallest absolute Gasteiger partial charge is 0.266 e. The Morgan fingerprint density at radius 3 is 2.25 bits per heavy atom. The molecule has 3 nitrogen and oxygen atoms in total. The number of hydrogen-bond acceptors (Lipinski definition) is 3. The Kier molecular flexibility index (Phi) is 7.85. The van der Waals surface area contributed by atoms with E-state index in [0.717, 1.165) is 31.2 Å². The summed E-state index contributed by atoms with van der Waals surface area (Å²) in [4.78, 5) is 0.238. The minimum absolute atomic E-state index is 0.238. The molecule has 0 aliphatic heterocycles. The summed E-state index contributed by atoms with van der Waals surface area (Å²) in [7, 11) is -3.58. The highest BCUT2D eigenvalue weighted by atomic mass is 32.2. The van der Waals surface area contributed by atoms with Crippen molar-refractivity contribution in [3.63, 3.8) is 0 Å². The molecule has 20 heavy (non-hydrogen) atoms. The Morgan fingerprint density at radius 1 is 1.00 bits per heavy atom. The Hall–Kier alpha value is -0.870. The van der Waals surface area contributed by atoms with E-state index in [2.05, 4.69) is 13.3 Å². The van der Waals surface area contributed by atoms with Gasteiger partial charge in [0.15, 0.2) is 0 Å². The molecule has 0 bridgehead atoms. The summed E-state index contributed by atoms with van der Waals surface area (Å²) in [5.74, 6) is 0. The molecule has 1 aromatic carbocycles. The summed E-state index contributed by atoms with van der Waals surface area (Å²) >= 11 is 0. The first kappa shape index (κ1) is 17.2. The zero-order chi connectivity index (χ0) is 14.8. The highest BCUT2D eigenvalue weighted by Gasteiger charge is 2.14. The minimum atomic E-state index is -3.58. The lowest BCUT2D eigenvalue weighted by atomic mass is 10.1. The third-order valence-corrected chi connectivity index (χ3v) is 4.51. The molecular weight excluding hydrogens is 272 g/mol. The van der Waals surface area contributed by atoms with Crippen molar-refractivity contribution in [2.45, 2.75) is 57.3 Å². The molecule has 0 saturated heterocycles. The molecule has 1 radical (unpaired) electrons. The van der Waals surface area contributed by atoms with Gasteiger partial charge in [-0.2, -0.15) is 8.42 Å². The van der Waals surface area contributed by atoms with E-state index in [4.69, 9.17) is 4.18 Å². The van der Waals surface area contributed by atoms with E-state index in [1.54, 1.807) is 24.3 Å². The van der Waals surface area contributed by atoms with Crippen LogP contribution in [-0.4, -0.2) is 15.0 Å². The molecule has 0 amide bonds. The van der Waals surface area contributed by atoms with E-state index in [1.165, 1.54) is 12.8 Å². The van der Waals surface area contributed by atoms with Crippen molar-refractivity contribution in [3.05, 3.63) is 36.2 Å². The van der Waals surface area contributed by atoms with Crippen LogP contribution in [0, 0.1) is 13.3 Å². The summed E-state index contributed by atoms with van der Waals surface area (Å²) in [5, 5.41) is 0. The van der Waals surface area contributed by atoms with Crippen LogP contribution in [0.5, 0.6) is 0 Å². The van der Waals surface area contributed by atoms with Crippen molar-refractivity contribution in [2.24, 2.45) is 0 Å². The van der Waals surface area contributed by atoms with E-state index < -0.39 is 10.1 Å². The lowest BCUT2D eigenvalue weighted by molar-refractivity contribution is 0.306. The van der Waals surface area contributed by atoms with Crippen molar-refractivity contribution >= 4 is 10.1 Å². The lowest BCUT2D eigenvalue weighted by Gasteiger charge is -2.06. The molecule has 113 valence electrons. The minimum Gasteiger partial charge on any atom is -0.266 e. The zero-order valence-corrected chi connectivity index (χ0v) is 13.3. The Morgan fingerprint density at radius 2 is 1.60 bits per heavy atom. The van der Waals surface area contributed by atoms with Gasteiger partial charge in [-0.15, -0.1) is 0 Å². The number of rotatable bonds is 10. The van der Waals surface area contributed by atoms with Gasteiger partial charge in [-0.25, -0.2) is 0 Å². The standard InChI is InChI=1S/C16H25O3S/c1-3-4-5-6-7-8-9-14-19-20(17,18)16-12-10-15(2)11-13-16/h3,10-13H,4-9,14H2,1-2H3. The fourth-order valence-electron chi connectivity index (χ4n) is 1.92. The highest BCUT2D eigenvalue weighted by molar-refractivity contribution is 7.86. The molecular formula is C16H25O3S. The van der Waals surface area contributed by atoms with Crippen LogP contribution < -0.4 is 0 Å². The monoisotopic (exact) mass is 297 g/mol. The van der Waals surface area contributed by atoms with Crippen molar-refractivity contribution in [2.75, 3.05) is 6.61 Å².